The smallest absolute Gasteiger partial charge is 0.332 e. The minimum absolute atomic E-state index is 0.303. The van der Waals surface area contributed by atoms with Crippen LogP contribution in [0.4, 0.5) is 0 Å². The van der Waals surface area contributed by atoms with Crippen LogP contribution in [0.15, 0.2) is 24.6 Å². The molecule has 12 nitrogen and oxygen atoms in total. The van der Waals surface area contributed by atoms with Gasteiger partial charge in [-0.05, 0) is 39.8 Å². The van der Waals surface area contributed by atoms with Crippen LogP contribution in [0, 0.1) is 10.8 Å². The van der Waals surface area contributed by atoms with Gasteiger partial charge < -0.3 is 39.1 Å². The van der Waals surface area contributed by atoms with Crippen molar-refractivity contribution in [2.75, 3.05) is 26.4 Å². The Bertz CT molecular complexity index is 1080. The van der Waals surface area contributed by atoms with Gasteiger partial charge in [-0.15, -0.1) is 0 Å². The standard InChI is InChI=1S/2C17H31NO5Si/c2*1-16(2)12-22-17(3,4)23-14(16)15(20)18-9-8-13(19)21-10-11-24(5,6)7/h2*8-9,14H,10-12H2,1-7H3,(H,18,20)/b9-8+;9-8-. The number of esters is 2. The Hall–Kier alpha value is -2.37. The van der Waals surface area contributed by atoms with Gasteiger partial charge in [-0.25, -0.2) is 9.59 Å². The summed E-state index contributed by atoms with van der Waals surface area (Å²) in [6.07, 6.45) is 3.74. The lowest BCUT2D eigenvalue weighted by Gasteiger charge is -2.44. The summed E-state index contributed by atoms with van der Waals surface area (Å²) < 4.78 is 32.9. The second-order valence-corrected chi connectivity index (χ2v) is 28.2. The summed E-state index contributed by atoms with van der Waals surface area (Å²) in [4.78, 5) is 47.9. The monoisotopic (exact) mass is 714 g/mol. The van der Waals surface area contributed by atoms with Gasteiger partial charge >= 0.3 is 11.9 Å². The fourth-order valence-corrected chi connectivity index (χ4v) is 5.62. The number of nitrogens with one attached hydrogen (secondary N) is 2. The minimum atomic E-state index is -1.22. The van der Waals surface area contributed by atoms with Gasteiger partial charge in [0.05, 0.1) is 26.4 Å². The molecule has 2 aliphatic heterocycles. The molecule has 48 heavy (non-hydrogen) atoms. The second kappa shape index (κ2) is 17.5. The number of ether oxygens (including phenoxy) is 6. The topological polar surface area (TPSA) is 148 Å². The Morgan fingerprint density at radius 3 is 1.23 bits per heavy atom. The van der Waals surface area contributed by atoms with Crippen molar-refractivity contribution in [2.45, 2.75) is 131 Å². The SMILES string of the molecule is CC1(C)OCC(C)(C)C(C(=O)N/C=C/C(=O)OCC[Si](C)(C)C)O1.CC1(C)OCC(C)(C)C(C(=O)N/C=C\C(=O)OCC[Si](C)(C)C)O1. The van der Waals surface area contributed by atoms with Crippen molar-refractivity contribution in [1.82, 2.24) is 10.6 Å². The van der Waals surface area contributed by atoms with Crippen molar-refractivity contribution >= 4 is 39.9 Å². The van der Waals surface area contributed by atoms with Crippen LogP contribution in [0.25, 0.3) is 0 Å². The Morgan fingerprint density at radius 2 is 0.938 bits per heavy atom. The summed E-state index contributed by atoms with van der Waals surface area (Å²) in [7, 11) is -2.45. The Labute approximate surface area is 290 Å². The maximum absolute atomic E-state index is 12.3. The number of carbonyl (C=O) groups excluding carboxylic acids is 4. The van der Waals surface area contributed by atoms with E-state index in [0.29, 0.717) is 26.4 Å². The molecule has 0 radical (unpaired) electrons. The van der Waals surface area contributed by atoms with Crippen LogP contribution in [-0.4, -0.2) is 90.1 Å². The van der Waals surface area contributed by atoms with Crippen LogP contribution in [-0.2, 0) is 47.6 Å². The molecule has 14 heteroatoms. The maximum Gasteiger partial charge on any atom is 0.332 e. The molecule has 2 heterocycles. The van der Waals surface area contributed by atoms with Gasteiger partial charge in [0.1, 0.15) is 12.2 Å². The lowest BCUT2D eigenvalue weighted by Crippen LogP contribution is -2.55. The highest BCUT2D eigenvalue weighted by Gasteiger charge is 2.46. The number of hydrogen-bond acceptors (Lipinski definition) is 10. The van der Waals surface area contributed by atoms with Crippen LogP contribution < -0.4 is 10.6 Å². The minimum Gasteiger partial charge on any atom is -0.463 e. The predicted molar refractivity (Wildman–Crippen MR) is 190 cm³/mol. The van der Waals surface area contributed by atoms with Crippen LogP contribution in [0.5, 0.6) is 0 Å². The van der Waals surface area contributed by atoms with Crippen molar-refractivity contribution < 1.29 is 47.6 Å². The Morgan fingerprint density at radius 1 is 0.625 bits per heavy atom. The van der Waals surface area contributed by atoms with E-state index in [1.54, 1.807) is 27.7 Å². The van der Waals surface area contributed by atoms with E-state index >= 15 is 0 Å². The summed E-state index contributed by atoms with van der Waals surface area (Å²) in [6.45, 7) is 29.7. The summed E-state index contributed by atoms with van der Waals surface area (Å²) in [5.41, 5.74) is -0.906. The highest BCUT2D eigenvalue weighted by atomic mass is 28.3. The summed E-state index contributed by atoms with van der Waals surface area (Å²) >= 11 is 0. The number of rotatable bonds is 12. The molecule has 2 amide bonds. The van der Waals surface area contributed by atoms with E-state index < -0.39 is 62.7 Å². The molecule has 2 atom stereocenters. The van der Waals surface area contributed by atoms with Crippen molar-refractivity contribution in [3.05, 3.63) is 24.6 Å². The van der Waals surface area contributed by atoms with Crippen molar-refractivity contribution in [2.24, 2.45) is 10.8 Å². The number of carbonyl (C=O) groups is 4. The molecule has 2 N–H and O–H groups in total. The molecule has 0 saturated carbocycles. The lowest BCUT2D eigenvalue weighted by molar-refractivity contribution is -0.304. The Kier molecular flexibility index (Phi) is 15.9. The third-order valence-corrected chi connectivity index (χ3v) is 10.8. The third kappa shape index (κ3) is 17.3. The normalized spacial score (nSPS) is 23.0. The highest BCUT2D eigenvalue weighted by molar-refractivity contribution is 6.76. The number of amides is 2. The first-order valence-electron chi connectivity index (χ1n) is 16.6. The van der Waals surface area contributed by atoms with Gasteiger partial charge in [0, 0.05) is 51.5 Å². The molecule has 2 rings (SSSR count). The van der Waals surface area contributed by atoms with E-state index in [2.05, 4.69) is 49.9 Å². The fourth-order valence-electron chi connectivity index (χ4n) is 4.19. The van der Waals surface area contributed by atoms with E-state index in [-0.39, 0.29) is 11.8 Å². The van der Waals surface area contributed by atoms with Gasteiger partial charge in [0.25, 0.3) is 11.8 Å². The van der Waals surface area contributed by atoms with Gasteiger partial charge in [0.15, 0.2) is 11.6 Å². The summed E-state index contributed by atoms with van der Waals surface area (Å²) in [6, 6.07) is 1.83. The van der Waals surface area contributed by atoms with Crippen molar-refractivity contribution in [3.8, 4) is 0 Å². The molecule has 0 aromatic heterocycles. The first kappa shape index (κ1) is 43.7. The fraction of sp³-hybridized carbons (Fsp3) is 0.765. The molecule has 2 fully saturated rings. The Balaban J connectivity index is 0.000000480. The molecule has 2 saturated heterocycles. The average Bonchev–Trinajstić information content (AvgIpc) is 2.90. The molecule has 0 bridgehead atoms. The molecule has 2 unspecified atom stereocenters. The first-order chi connectivity index (χ1) is 21.6. The van der Waals surface area contributed by atoms with Gasteiger partial charge in [-0.1, -0.05) is 67.0 Å². The zero-order chi connectivity index (χ0) is 37.2. The van der Waals surface area contributed by atoms with E-state index in [9.17, 15) is 19.2 Å². The van der Waals surface area contributed by atoms with Crippen molar-refractivity contribution in [3.63, 3.8) is 0 Å². The van der Waals surface area contributed by atoms with Gasteiger partial charge in [-0.3, -0.25) is 9.59 Å². The molecule has 0 aliphatic carbocycles. The van der Waals surface area contributed by atoms with Crippen LogP contribution in [0.3, 0.4) is 0 Å². The zero-order valence-corrected chi connectivity index (χ0v) is 33.8. The van der Waals surface area contributed by atoms with E-state index in [0.717, 1.165) is 12.1 Å². The van der Waals surface area contributed by atoms with E-state index in [1.165, 1.54) is 24.6 Å². The number of hydrogen-bond donors (Lipinski definition) is 2. The molecular formula is C34H62N2O10Si2. The second-order valence-electron chi connectivity index (χ2n) is 17.0. The van der Waals surface area contributed by atoms with Gasteiger partial charge in [-0.2, -0.15) is 0 Å². The first-order valence-corrected chi connectivity index (χ1v) is 24.0. The van der Waals surface area contributed by atoms with E-state index in [1.807, 2.05) is 27.7 Å². The third-order valence-electron chi connectivity index (χ3n) is 7.37. The molecule has 0 aromatic rings. The van der Waals surface area contributed by atoms with Crippen molar-refractivity contribution in [1.29, 1.82) is 0 Å². The molecule has 276 valence electrons. The highest BCUT2D eigenvalue weighted by Crippen LogP contribution is 2.36. The quantitative estimate of drug-likeness (QED) is 0.154. The molecule has 0 spiro atoms. The zero-order valence-electron chi connectivity index (χ0n) is 31.8. The summed E-state index contributed by atoms with van der Waals surface area (Å²) in [5.74, 6) is -3.14. The molecule has 2 aliphatic rings. The van der Waals surface area contributed by atoms with Crippen LogP contribution in [0.1, 0.15) is 55.4 Å². The van der Waals surface area contributed by atoms with Crippen LogP contribution in [0.2, 0.25) is 51.4 Å². The lowest BCUT2D eigenvalue weighted by atomic mass is 9.85. The van der Waals surface area contributed by atoms with Crippen LogP contribution >= 0.6 is 0 Å². The van der Waals surface area contributed by atoms with Gasteiger partial charge in [0.2, 0.25) is 0 Å². The average molecular weight is 715 g/mol. The van der Waals surface area contributed by atoms with E-state index in [4.69, 9.17) is 28.4 Å². The summed E-state index contributed by atoms with van der Waals surface area (Å²) in [5, 5.41) is 5.18. The molecule has 0 aromatic carbocycles. The maximum atomic E-state index is 12.3. The molecular weight excluding hydrogens is 653 g/mol. The predicted octanol–water partition coefficient (Wildman–Crippen LogP) is 5.35. The largest absolute Gasteiger partial charge is 0.463 e.